The Balaban J connectivity index is 1.47. The van der Waals surface area contributed by atoms with Crippen molar-refractivity contribution in [1.29, 1.82) is 0 Å². The topological polar surface area (TPSA) is 80.3 Å². The van der Waals surface area contributed by atoms with Gasteiger partial charge in [-0.2, -0.15) is 4.98 Å². The first-order chi connectivity index (χ1) is 16.9. The molecule has 0 amide bonds. The van der Waals surface area contributed by atoms with Gasteiger partial charge < -0.3 is 9.42 Å². The summed E-state index contributed by atoms with van der Waals surface area (Å²) in [5, 5.41) is 3.95. The minimum absolute atomic E-state index is 0.278. The van der Waals surface area contributed by atoms with E-state index < -0.39 is 0 Å². The maximum atomic E-state index is 5.00. The van der Waals surface area contributed by atoms with Crippen LogP contribution in [-0.4, -0.2) is 26.3 Å². The van der Waals surface area contributed by atoms with E-state index in [1.54, 1.807) is 6.20 Å². The molecule has 1 aliphatic heterocycles. The van der Waals surface area contributed by atoms with E-state index >= 15 is 0 Å². The largest absolute Gasteiger partial charge is 0.342 e. The monoisotopic (exact) mass is 444 g/mol. The summed E-state index contributed by atoms with van der Waals surface area (Å²) < 4.78 is 4.92. The van der Waals surface area contributed by atoms with Crippen LogP contribution in [0.2, 0.25) is 0 Å². The zero-order valence-corrected chi connectivity index (χ0v) is 18.2. The van der Waals surface area contributed by atoms with Crippen molar-refractivity contribution >= 4 is 11.9 Å². The first-order valence-electron chi connectivity index (χ1n) is 11.0. The Bertz CT molecular complexity index is 1440. The predicted octanol–water partition coefficient (Wildman–Crippen LogP) is 5.33. The Morgan fingerprint density at radius 1 is 0.853 bits per heavy atom. The van der Waals surface area contributed by atoms with Gasteiger partial charge >= 0.3 is 0 Å². The number of aromatic nitrogens is 4. The maximum absolute atomic E-state index is 5.00. The SMILES string of the molecule is C1=NC(c2cncc(-c3ncon3)c2)N(Cc2ccccn2)c2cccc(-c3ccccc3)c21. The first-order valence-corrected chi connectivity index (χ1v) is 11.0. The van der Waals surface area contributed by atoms with Gasteiger partial charge in [-0.15, -0.1) is 0 Å². The third-order valence-electron chi connectivity index (χ3n) is 5.85. The van der Waals surface area contributed by atoms with Crippen LogP contribution >= 0.6 is 0 Å². The van der Waals surface area contributed by atoms with Crippen LogP contribution in [0.1, 0.15) is 23.0 Å². The molecule has 4 heterocycles. The quantitative estimate of drug-likeness (QED) is 0.364. The molecule has 7 heteroatoms. The molecular weight excluding hydrogens is 424 g/mol. The summed E-state index contributed by atoms with van der Waals surface area (Å²) in [5.74, 6) is 0.497. The zero-order chi connectivity index (χ0) is 22.7. The van der Waals surface area contributed by atoms with Crippen LogP contribution in [0.3, 0.4) is 0 Å². The van der Waals surface area contributed by atoms with Gasteiger partial charge in [0, 0.05) is 47.2 Å². The molecule has 6 rings (SSSR count). The van der Waals surface area contributed by atoms with Gasteiger partial charge in [-0.05, 0) is 35.4 Å². The average Bonchev–Trinajstić information content (AvgIpc) is 3.45. The van der Waals surface area contributed by atoms with Gasteiger partial charge in [-0.3, -0.25) is 15.0 Å². The van der Waals surface area contributed by atoms with Crippen LogP contribution in [0, 0.1) is 0 Å². The third kappa shape index (κ3) is 3.73. The molecule has 0 spiro atoms. The second kappa shape index (κ2) is 8.71. The van der Waals surface area contributed by atoms with E-state index in [1.165, 1.54) is 6.39 Å². The molecule has 1 aliphatic rings. The Morgan fingerprint density at radius 3 is 2.59 bits per heavy atom. The van der Waals surface area contributed by atoms with E-state index in [-0.39, 0.29) is 6.17 Å². The molecule has 164 valence electrons. The van der Waals surface area contributed by atoms with Crippen LogP contribution in [0.15, 0.2) is 107 Å². The molecule has 0 N–H and O–H groups in total. The Hall–Kier alpha value is -4.65. The zero-order valence-electron chi connectivity index (χ0n) is 18.2. The Labute approximate surface area is 196 Å². The maximum Gasteiger partial charge on any atom is 0.214 e. The number of hydrogen-bond donors (Lipinski definition) is 0. The summed E-state index contributed by atoms with van der Waals surface area (Å²) in [6.45, 7) is 0.598. The molecule has 3 aromatic heterocycles. The van der Waals surface area contributed by atoms with Crippen molar-refractivity contribution < 1.29 is 4.52 Å². The standard InChI is InChI=1S/C27H20N6O/c1-2-7-19(8-3-1)23-10-6-11-25-24(23)16-30-27(33(25)17-22-9-4-5-12-29-22)21-13-20(14-28-15-21)26-31-18-34-32-26/h1-16,18,27H,17H2. The molecule has 34 heavy (non-hydrogen) atoms. The highest BCUT2D eigenvalue weighted by Crippen LogP contribution is 2.39. The number of benzene rings is 2. The second-order valence-corrected chi connectivity index (χ2v) is 7.97. The molecule has 0 fully saturated rings. The lowest BCUT2D eigenvalue weighted by molar-refractivity contribution is 0.418. The molecule has 2 aromatic carbocycles. The molecule has 1 unspecified atom stereocenters. The number of nitrogens with zero attached hydrogens (tertiary/aromatic N) is 6. The number of fused-ring (bicyclic) bond motifs is 1. The van der Waals surface area contributed by atoms with Gasteiger partial charge in [0.25, 0.3) is 0 Å². The number of anilines is 1. The van der Waals surface area contributed by atoms with Gasteiger partial charge in [0.15, 0.2) is 0 Å². The van der Waals surface area contributed by atoms with Gasteiger partial charge in [0.05, 0.1) is 12.2 Å². The van der Waals surface area contributed by atoms with Crippen molar-refractivity contribution in [2.75, 3.05) is 4.90 Å². The second-order valence-electron chi connectivity index (χ2n) is 7.97. The van der Waals surface area contributed by atoms with E-state index in [0.29, 0.717) is 12.4 Å². The molecular formula is C27H20N6O. The van der Waals surface area contributed by atoms with Crippen LogP contribution in [-0.2, 0) is 6.54 Å². The molecule has 0 aliphatic carbocycles. The fourth-order valence-electron chi connectivity index (χ4n) is 4.29. The lowest BCUT2D eigenvalue weighted by Crippen LogP contribution is -2.31. The molecule has 7 nitrogen and oxygen atoms in total. The number of aliphatic imine (C=N–C) groups is 1. The van der Waals surface area contributed by atoms with E-state index in [2.05, 4.69) is 67.5 Å². The summed E-state index contributed by atoms with van der Waals surface area (Å²) in [6.07, 6.45) is 8.39. The minimum atomic E-state index is -0.278. The normalized spacial score (nSPS) is 14.7. The molecule has 0 bridgehead atoms. The van der Waals surface area contributed by atoms with Crippen molar-refractivity contribution in [3.63, 3.8) is 0 Å². The summed E-state index contributed by atoms with van der Waals surface area (Å²) in [6, 6.07) is 24.7. The fourth-order valence-corrected chi connectivity index (χ4v) is 4.29. The smallest absolute Gasteiger partial charge is 0.214 e. The van der Waals surface area contributed by atoms with E-state index in [9.17, 15) is 0 Å². The minimum Gasteiger partial charge on any atom is -0.342 e. The molecule has 5 aromatic rings. The van der Waals surface area contributed by atoms with Crippen molar-refractivity contribution in [2.45, 2.75) is 12.7 Å². The van der Waals surface area contributed by atoms with E-state index in [4.69, 9.17) is 9.52 Å². The number of rotatable bonds is 5. The van der Waals surface area contributed by atoms with Gasteiger partial charge in [0.1, 0.15) is 6.17 Å². The van der Waals surface area contributed by atoms with E-state index in [0.717, 1.165) is 39.2 Å². The summed E-state index contributed by atoms with van der Waals surface area (Å²) >= 11 is 0. The van der Waals surface area contributed by atoms with Crippen LogP contribution in [0.5, 0.6) is 0 Å². The lowest BCUT2D eigenvalue weighted by atomic mass is 9.96. The predicted molar refractivity (Wildman–Crippen MR) is 130 cm³/mol. The van der Waals surface area contributed by atoms with Crippen molar-refractivity contribution in [2.24, 2.45) is 4.99 Å². The third-order valence-corrected chi connectivity index (χ3v) is 5.85. The highest BCUT2D eigenvalue weighted by Gasteiger charge is 2.28. The summed E-state index contributed by atoms with van der Waals surface area (Å²) in [4.78, 5) is 20.4. The van der Waals surface area contributed by atoms with Crippen molar-refractivity contribution in [3.05, 3.63) is 115 Å². The van der Waals surface area contributed by atoms with Crippen LogP contribution in [0.25, 0.3) is 22.5 Å². The number of hydrogen-bond acceptors (Lipinski definition) is 7. The molecule has 1 atom stereocenters. The molecule has 0 radical (unpaired) electrons. The van der Waals surface area contributed by atoms with Gasteiger partial charge in [0.2, 0.25) is 12.2 Å². The highest BCUT2D eigenvalue weighted by molar-refractivity contribution is 5.98. The van der Waals surface area contributed by atoms with Crippen LogP contribution in [0.4, 0.5) is 5.69 Å². The fraction of sp³-hybridized carbons (Fsp3) is 0.0741. The highest BCUT2D eigenvalue weighted by atomic mass is 16.5. The van der Waals surface area contributed by atoms with E-state index in [1.807, 2.05) is 48.9 Å². The average molecular weight is 444 g/mol. The Morgan fingerprint density at radius 2 is 1.76 bits per heavy atom. The Kier molecular flexibility index (Phi) is 5.12. The summed E-state index contributed by atoms with van der Waals surface area (Å²) in [5.41, 5.74) is 7.16. The lowest BCUT2D eigenvalue weighted by Gasteiger charge is -2.35. The van der Waals surface area contributed by atoms with Crippen LogP contribution < -0.4 is 4.90 Å². The van der Waals surface area contributed by atoms with Crippen molar-refractivity contribution in [1.82, 2.24) is 20.1 Å². The molecule has 0 saturated carbocycles. The summed E-state index contributed by atoms with van der Waals surface area (Å²) in [7, 11) is 0. The first kappa shape index (κ1) is 20.0. The molecule has 0 saturated heterocycles. The number of pyridine rings is 2. The van der Waals surface area contributed by atoms with Gasteiger partial charge in [-0.1, -0.05) is 53.7 Å². The van der Waals surface area contributed by atoms with Gasteiger partial charge in [-0.25, -0.2) is 0 Å². The van der Waals surface area contributed by atoms with Crippen molar-refractivity contribution in [3.8, 4) is 22.5 Å².